The molecular weight excluding hydrogens is 186 g/mol. The SMILES string of the molecule is CC(C)(C)c1cc(CN)c(C2CCC2)o1. The predicted molar refractivity (Wildman–Crippen MR) is 61.9 cm³/mol. The first-order chi connectivity index (χ1) is 7.02. The van der Waals surface area contributed by atoms with E-state index in [0.717, 1.165) is 11.5 Å². The van der Waals surface area contributed by atoms with Gasteiger partial charge in [0.15, 0.2) is 0 Å². The van der Waals surface area contributed by atoms with Crippen molar-refractivity contribution in [2.45, 2.75) is 57.9 Å². The summed E-state index contributed by atoms with van der Waals surface area (Å²) in [6, 6.07) is 2.15. The second kappa shape index (κ2) is 3.67. The molecule has 84 valence electrons. The highest BCUT2D eigenvalue weighted by atomic mass is 16.3. The molecule has 1 aliphatic carbocycles. The van der Waals surface area contributed by atoms with Gasteiger partial charge in [-0.15, -0.1) is 0 Å². The zero-order valence-electron chi connectivity index (χ0n) is 9.97. The maximum Gasteiger partial charge on any atom is 0.111 e. The van der Waals surface area contributed by atoms with Crippen LogP contribution in [-0.4, -0.2) is 0 Å². The Bertz CT molecular complexity index is 342. The average molecular weight is 207 g/mol. The van der Waals surface area contributed by atoms with Crippen LogP contribution < -0.4 is 5.73 Å². The zero-order valence-corrected chi connectivity index (χ0v) is 9.97. The molecule has 1 heterocycles. The van der Waals surface area contributed by atoms with Crippen LogP contribution in [0.3, 0.4) is 0 Å². The molecule has 0 unspecified atom stereocenters. The summed E-state index contributed by atoms with van der Waals surface area (Å²) in [4.78, 5) is 0. The van der Waals surface area contributed by atoms with Crippen molar-refractivity contribution in [1.82, 2.24) is 0 Å². The minimum atomic E-state index is 0.0892. The molecule has 0 aromatic carbocycles. The van der Waals surface area contributed by atoms with Gasteiger partial charge in [0.25, 0.3) is 0 Å². The monoisotopic (exact) mass is 207 g/mol. The number of rotatable bonds is 2. The lowest BCUT2D eigenvalue weighted by atomic mass is 9.82. The van der Waals surface area contributed by atoms with Crippen molar-refractivity contribution >= 4 is 0 Å². The second-order valence-corrected chi connectivity index (χ2v) is 5.58. The first-order valence-corrected chi connectivity index (χ1v) is 5.85. The lowest BCUT2D eigenvalue weighted by Gasteiger charge is -2.24. The molecule has 1 saturated carbocycles. The van der Waals surface area contributed by atoms with Crippen molar-refractivity contribution in [3.63, 3.8) is 0 Å². The van der Waals surface area contributed by atoms with E-state index in [9.17, 15) is 0 Å². The normalized spacial score (nSPS) is 17.9. The summed E-state index contributed by atoms with van der Waals surface area (Å²) in [5, 5.41) is 0. The summed E-state index contributed by atoms with van der Waals surface area (Å²) in [6.07, 6.45) is 3.87. The van der Waals surface area contributed by atoms with Gasteiger partial charge >= 0.3 is 0 Å². The Hall–Kier alpha value is -0.760. The molecule has 1 aliphatic rings. The van der Waals surface area contributed by atoms with Crippen molar-refractivity contribution in [2.75, 3.05) is 0 Å². The fourth-order valence-corrected chi connectivity index (χ4v) is 1.99. The molecule has 2 heteroatoms. The van der Waals surface area contributed by atoms with E-state index in [-0.39, 0.29) is 5.41 Å². The van der Waals surface area contributed by atoms with Gasteiger partial charge in [-0.25, -0.2) is 0 Å². The van der Waals surface area contributed by atoms with Gasteiger partial charge in [-0.3, -0.25) is 0 Å². The second-order valence-electron chi connectivity index (χ2n) is 5.58. The van der Waals surface area contributed by atoms with Gasteiger partial charge in [0.1, 0.15) is 11.5 Å². The third-order valence-electron chi connectivity index (χ3n) is 3.28. The van der Waals surface area contributed by atoms with E-state index in [0.29, 0.717) is 12.5 Å². The summed E-state index contributed by atoms with van der Waals surface area (Å²) < 4.78 is 5.99. The van der Waals surface area contributed by atoms with E-state index >= 15 is 0 Å². The van der Waals surface area contributed by atoms with E-state index in [2.05, 4.69) is 26.8 Å². The highest BCUT2D eigenvalue weighted by Gasteiger charge is 2.28. The highest BCUT2D eigenvalue weighted by molar-refractivity contribution is 5.28. The van der Waals surface area contributed by atoms with Crippen LogP contribution in [0.2, 0.25) is 0 Å². The summed E-state index contributed by atoms with van der Waals surface area (Å²) in [6.45, 7) is 7.13. The van der Waals surface area contributed by atoms with Gasteiger partial charge in [0, 0.05) is 23.4 Å². The Morgan fingerprint density at radius 1 is 1.40 bits per heavy atom. The molecule has 0 saturated heterocycles. The van der Waals surface area contributed by atoms with Crippen LogP contribution in [0.25, 0.3) is 0 Å². The predicted octanol–water partition coefficient (Wildman–Crippen LogP) is 3.30. The number of furan rings is 1. The topological polar surface area (TPSA) is 39.2 Å². The van der Waals surface area contributed by atoms with Crippen LogP contribution in [0.5, 0.6) is 0 Å². The standard InChI is InChI=1S/C13H21NO/c1-13(2,3)11-7-10(8-14)12(15-11)9-5-4-6-9/h7,9H,4-6,8,14H2,1-3H3. The van der Waals surface area contributed by atoms with Crippen molar-refractivity contribution in [1.29, 1.82) is 0 Å². The Morgan fingerprint density at radius 3 is 2.47 bits per heavy atom. The van der Waals surface area contributed by atoms with Crippen LogP contribution >= 0.6 is 0 Å². The van der Waals surface area contributed by atoms with Gasteiger partial charge in [0.2, 0.25) is 0 Å². The highest BCUT2D eigenvalue weighted by Crippen LogP contribution is 2.40. The van der Waals surface area contributed by atoms with Crippen LogP contribution in [0.4, 0.5) is 0 Å². The molecule has 15 heavy (non-hydrogen) atoms. The molecule has 2 rings (SSSR count). The fourth-order valence-electron chi connectivity index (χ4n) is 1.99. The van der Waals surface area contributed by atoms with E-state index in [1.54, 1.807) is 0 Å². The van der Waals surface area contributed by atoms with Gasteiger partial charge in [0.05, 0.1) is 0 Å². The van der Waals surface area contributed by atoms with E-state index < -0.39 is 0 Å². The smallest absolute Gasteiger partial charge is 0.111 e. The van der Waals surface area contributed by atoms with Crippen molar-refractivity contribution in [3.05, 3.63) is 23.2 Å². The van der Waals surface area contributed by atoms with Crippen molar-refractivity contribution < 1.29 is 4.42 Å². The van der Waals surface area contributed by atoms with Crippen LogP contribution in [0.1, 0.15) is 63.0 Å². The molecule has 2 N–H and O–H groups in total. The maximum absolute atomic E-state index is 5.99. The third kappa shape index (κ3) is 1.96. The first-order valence-electron chi connectivity index (χ1n) is 5.85. The quantitative estimate of drug-likeness (QED) is 0.808. The summed E-state index contributed by atoms with van der Waals surface area (Å²) in [5.41, 5.74) is 7.07. The number of hydrogen-bond acceptors (Lipinski definition) is 2. The van der Waals surface area contributed by atoms with Crippen molar-refractivity contribution in [3.8, 4) is 0 Å². The Kier molecular flexibility index (Phi) is 2.63. The van der Waals surface area contributed by atoms with Gasteiger partial charge in [-0.2, -0.15) is 0 Å². The van der Waals surface area contributed by atoms with Crippen molar-refractivity contribution in [2.24, 2.45) is 5.73 Å². The van der Waals surface area contributed by atoms with E-state index in [1.165, 1.54) is 24.8 Å². The average Bonchev–Trinajstić information content (AvgIpc) is 2.44. The number of hydrogen-bond donors (Lipinski definition) is 1. The van der Waals surface area contributed by atoms with Crippen LogP contribution in [0, 0.1) is 0 Å². The molecule has 0 radical (unpaired) electrons. The molecule has 1 aromatic rings. The largest absolute Gasteiger partial charge is 0.465 e. The Morgan fingerprint density at radius 2 is 2.07 bits per heavy atom. The van der Waals surface area contributed by atoms with Gasteiger partial charge < -0.3 is 10.2 Å². The molecule has 1 fully saturated rings. The summed E-state index contributed by atoms with van der Waals surface area (Å²) in [7, 11) is 0. The Labute approximate surface area is 91.8 Å². The molecule has 2 nitrogen and oxygen atoms in total. The molecule has 0 spiro atoms. The Balaban J connectivity index is 2.32. The first kappa shape index (κ1) is 10.7. The summed E-state index contributed by atoms with van der Waals surface area (Å²) >= 11 is 0. The molecular formula is C13H21NO. The van der Waals surface area contributed by atoms with Gasteiger partial charge in [-0.05, 0) is 18.9 Å². The minimum Gasteiger partial charge on any atom is -0.465 e. The third-order valence-corrected chi connectivity index (χ3v) is 3.28. The molecule has 1 aromatic heterocycles. The van der Waals surface area contributed by atoms with E-state index in [1.807, 2.05) is 0 Å². The van der Waals surface area contributed by atoms with Crippen LogP contribution in [0.15, 0.2) is 10.5 Å². The lowest BCUT2D eigenvalue weighted by molar-refractivity contribution is 0.312. The van der Waals surface area contributed by atoms with Gasteiger partial charge in [-0.1, -0.05) is 27.2 Å². The molecule has 0 bridgehead atoms. The van der Waals surface area contributed by atoms with Crippen LogP contribution in [-0.2, 0) is 12.0 Å². The molecule has 0 aliphatic heterocycles. The summed E-state index contributed by atoms with van der Waals surface area (Å²) in [5.74, 6) is 2.87. The van der Waals surface area contributed by atoms with E-state index in [4.69, 9.17) is 10.2 Å². The zero-order chi connectivity index (χ0) is 11.1. The minimum absolute atomic E-state index is 0.0892. The lowest BCUT2D eigenvalue weighted by Crippen LogP contribution is -2.11. The molecule has 0 atom stereocenters. The maximum atomic E-state index is 5.99. The fraction of sp³-hybridized carbons (Fsp3) is 0.692. The number of nitrogens with two attached hydrogens (primary N) is 1. The molecule has 0 amide bonds.